The Bertz CT molecular complexity index is 550. The van der Waals surface area contributed by atoms with Gasteiger partial charge in [0.1, 0.15) is 5.82 Å². The van der Waals surface area contributed by atoms with Crippen LogP contribution >= 0.6 is 23.5 Å². The SMILES string of the molecule is CSCC[C@H](N)c1nc(CSc2cccc(F)c2)no1. The van der Waals surface area contributed by atoms with Gasteiger partial charge in [0.25, 0.3) is 0 Å². The number of nitrogens with zero attached hydrogens (tertiary/aromatic N) is 2. The molecule has 2 N–H and O–H groups in total. The van der Waals surface area contributed by atoms with Crippen molar-refractivity contribution in [2.45, 2.75) is 23.1 Å². The van der Waals surface area contributed by atoms with Crippen molar-refractivity contribution < 1.29 is 8.91 Å². The van der Waals surface area contributed by atoms with Gasteiger partial charge in [-0.05, 0) is 36.6 Å². The van der Waals surface area contributed by atoms with Crippen LogP contribution in [0.3, 0.4) is 0 Å². The number of rotatable bonds is 7. The fourth-order valence-corrected chi connectivity index (χ4v) is 2.82. The zero-order valence-electron chi connectivity index (χ0n) is 11.1. The molecule has 0 amide bonds. The molecule has 108 valence electrons. The monoisotopic (exact) mass is 313 g/mol. The third-order valence-corrected chi connectivity index (χ3v) is 4.23. The van der Waals surface area contributed by atoms with E-state index in [-0.39, 0.29) is 11.9 Å². The first-order chi connectivity index (χ1) is 9.69. The Balaban J connectivity index is 1.89. The number of hydrogen-bond acceptors (Lipinski definition) is 6. The van der Waals surface area contributed by atoms with Crippen LogP contribution in [0.5, 0.6) is 0 Å². The van der Waals surface area contributed by atoms with Crippen LogP contribution < -0.4 is 5.73 Å². The smallest absolute Gasteiger partial charge is 0.243 e. The van der Waals surface area contributed by atoms with Crippen LogP contribution in [-0.2, 0) is 5.75 Å². The molecule has 0 saturated carbocycles. The van der Waals surface area contributed by atoms with Crippen LogP contribution in [0.4, 0.5) is 4.39 Å². The van der Waals surface area contributed by atoms with Gasteiger partial charge >= 0.3 is 0 Å². The van der Waals surface area contributed by atoms with Crippen molar-refractivity contribution in [1.82, 2.24) is 10.1 Å². The van der Waals surface area contributed by atoms with Gasteiger partial charge in [-0.15, -0.1) is 11.8 Å². The molecule has 0 aliphatic heterocycles. The standard InChI is InChI=1S/C13H16FN3OS2/c1-19-6-5-11(15)13-16-12(17-18-13)8-20-10-4-2-3-9(14)7-10/h2-4,7,11H,5-6,8,15H2,1H3/t11-/m0/s1. The van der Waals surface area contributed by atoms with Crippen LogP contribution in [0, 0.1) is 5.82 Å². The number of benzene rings is 1. The van der Waals surface area contributed by atoms with Crippen molar-refractivity contribution in [2.75, 3.05) is 12.0 Å². The maximum atomic E-state index is 13.0. The summed E-state index contributed by atoms with van der Waals surface area (Å²) in [5.41, 5.74) is 5.96. The largest absolute Gasteiger partial charge is 0.338 e. The first-order valence-corrected chi connectivity index (χ1v) is 8.52. The Morgan fingerprint density at radius 3 is 3.05 bits per heavy atom. The maximum absolute atomic E-state index is 13.0. The van der Waals surface area contributed by atoms with E-state index in [1.165, 1.54) is 23.9 Å². The lowest BCUT2D eigenvalue weighted by Crippen LogP contribution is -2.11. The van der Waals surface area contributed by atoms with E-state index in [9.17, 15) is 4.39 Å². The summed E-state index contributed by atoms with van der Waals surface area (Å²) in [4.78, 5) is 5.11. The molecule has 0 fully saturated rings. The molecular weight excluding hydrogens is 297 g/mol. The van der Waals surface area contributed by atoms with E-state index in [0.29, 0.717) is 17.5 Å². The van der Waals surface area contributed by atoms with Crippen LogP contribution in [-0.4, -0.2) is 22.1 Å². The minimum absolute atomic E-state index is 0.220. The molecule has 0 radical (unpaired) electrons. The van der Waals surface area contributed by atoms with Gasteiger partial charge in [-0.3, -0.25) is 0 Å². The molecule has 2 aromatic rings. The summed E-state index contributed by atoms with van der Waals surface area (Å²) < 4.78 is 18.2. The van der Waals surface area contributed by atoms with E-state index in [1.807, 2.05) is 12.3 Å². The predicted octanol–water partition coefficient (Wildman–Crippen LogP) is 3.25. The van der Waals surface area contributed by atoms with Crippen molar-refractivity contribution >= 4 is 23.5 Å². The molecule has 0 spiro atoms. The zero-order chi connectivity index (χ0) is 14.4. The topological polar surface area (TPSA) is 64.9 Å². The number of aromatic nitrogens is 2. The molecule has 0 aliphatic carbocycles. The van der Waals surface area contributed by atoms with Gasteiger partial charge in [0.2, 0.25) is 5.89 Å². The predicted molar refractivity (Wildman–Crippen MR) is 80.2 cm³/mol. The summed E-state index contributed by atoms with van der Waals surface area (Å²) in [5.74, 6) is 2.28. The van der Waals surface area contributed by atoms with Gasteiger partial charge in [-0.1, -0.05) is 11.2 Å². The second-order valence-electron chi connectivity index (χ2n) is 4.18. The van der Waals surface area contributed by atoms with Crippen LogP contribution in [0.1, 0.15) is 24.2 Å². The summed E-state index contributed by atoms with van der Waals surface area (Å²) in [6.07, 6.45) is 2.83. The summed E-state index contributed by atoms with van der Waals surface area (Å²) >= 11 is 3.19. The first-order valence-electron chi connectivity index (χ1n) is 6.14. The van der Waals surface area contributed by atoms with E-state index < -0.39 is 0 Å². The van der Waals surface area contributed by atoms with Crippen LogP contribution in [0.15, 0.2) is 33.7 Å². The third kappa shape index (κ3) is 4.50. The quantitative estimate of drug-likeness (QED) is 0.792. The second-order valence-corrected chi connectivity index (χ2v) is 6.22. The Kier molecular flexibility index (Phi) is 5.87. The molecule has 1 heterocycles. The molecule has 7 heteroatoms. The summed E-state index contributed by atoms with van der Waals surface area (Å²) in [6, 6.07) is 6.20. The van der Waals surface area contributed by atoms with Crippen molar-refractivity contribution in [1.29, 1.82) is 0 Å². The van der Waals surface area contributed by atoms with Crippen LogP contribution in [0.25, 0.3) is 0 Å². The molecule has 1 aromatic heterocycles. The third-order valence-electron chi connectivity index (χ3n) is 2.60. The Hall–Kier alpha value is -1.05. The lowest BCUT2D eigenvalue weighted by atomic mass is 10.2. The fourth-order valence-electron chi connectivity index (χ4n) is 1.55. The highest BCUT2D eigenvalue weighted by atomic mass is 32.2. The van der Waals surface area contributed by atoms with E-state index in [4.69, 9.17) is 10.3 Å². The van der Waals surface area contributed by atoms with Gasteiger partial charge in [0.05, 0.1) is 11.8 Å². The lowest BCUT2D eigenvalue weighted by Gasteiger charge is -2.03. The molecule has 4 nitrogen and oxygen atoms in total. The van der Waals surface area contributed by atoms with Crippen LogP contribution in [0.2, 0.25) is 0 Å². The number of halogens is 1. The molecule has 0 aliphatic rings. The molecule has 20 heavy (non-hydrogen) atoms. The van der Waals surface area contributed by atoms with Crippen molar-refractivity contribution in [3.8, 4) is 0 Å². The van der Waals surface area contributed by atoms with E-state index in [2.05, 4.69) is 10.1 Å². The van der Waals surface area contributed by atoms with Crippen molar-refractivity contribution in [2.24, 2.45) is 5.73 Å². The normalized spacial score (nSPS) is 12.6. The van der Waals surface area contributed by atoms with Gasteiger partial charge in [-0.25, -0.2) is 4.39 Å². The maximum Gasteiger partial charge on any atom is 0.243 e. The minimum Gasteiger partial charge on any atom is -0.338 e. The average Bonchev–Trinajstić information content (AvgIpc) is 2.91. The highest BCUT2D eigenvalue weighted by molar-refractivity contribution is 7.98. The van der Waals surface area contributed by atoms with Gasteiger partial charge < -0.3 is 10.3 Å². The van der Waals surface area contributed by atoms with Gasteiger partial charge in [0.15, 0.2) is 5.82 Å². The fraction of sp³-hybridized carbons (Fsp3) is 0.385. The van der Waals surface area contributed by atoms with Crippen molar-refractivity contribution in [3.63, 3.8) is 0 Å². The van der Waals surface area contributed by atoms with Gasteiger partial charge in [-0.2, -0.15) is 16.7 Å². The van der Waals surface area contributed by atoms with E-state index in [1.54, 1.807) is 17.8 Å². The Morgan fingerprint density at radius 2 is 2.30 bits per heavy atom. The summed E-state index contributed by atoms with van der Waals surface area (Å²) in [7, 11) is 0. The minimum atomic E-state index is -0.247. The Labute approximate surface area is 125 Å². The highest BCUT2D eigenvalue weighted by Gasteiger charge is 2.14. The summed E-state index contributed by atoms with van der Waals surface area (Å²) in [5, 5.41) is 3.90. The number of thioether (sulfide) groups is 2. The molecular formula is C13H16FN3OS2. The number of hydrogen-bond donors (Lipinski definition) is 1. The van der Waals surface area contributed by atoms with E-state index >= 15 is 0 Å². The first kappa shape index (κ1) is 15.3. The highest BCUT2D eigenvalue weighted by Crippen LogP contribution is 2.23. The van der Waals surface area contributed by atoms with Crippen molar-refractivity contribution in [3.05, 3.63) is 41.8 Å². The Morgan fingerprint density at radius 1 is 1.45 bits per heavy atom. The second kappa shape index (κ2) is 7.66. The molecule has 0 unspecified atom stereocenters. The van der Waals surface area contributed by atoms with E-state index in [0.717, 1.165) is 17.1 Å². The zero-order valence-corrected chi connectivity index (χ0v) is 12.7. The lowest BCUT2D eigenvalue weighted by molar-refractivity contribution is 0.350. The summed E-state index contributed by atoms with van der Waals surface area (Å²) in [6.45, 7) is 0. The average molecular weight is 313 g/mol. The molecule has 0 saturated heterocycles. The molecule has 1 atom stereocenters. The molecule has 0 bridgehead atoms. The molecule has 1 aromatic carbocycles. The number of nitrogens with two attached hydrogens (primary N) is 1. The van der Waals surface area contributed by atoms with Gasteiger partial charge in [0, 0.05) is 4.90 Å². The molecule has 2 rings (SSSR count).